The van der Waals surface area contributed by atoms with Gasteiger partial charge in [0, 0.05) is 0 Å². The van der Waals surface area contributed by atoms with E-state index in [2.05, 4.69) is 62.5 Å². The van der Waals surface area contributed by atoms with E-state index in [1.165, 1.54) is 44.9 Å². The molecule has 0 rings (SSSR count). The zero-order chi connectivity index (χ0) is 12.6. The van der Waals surface area contributed by atoms with E-state index < -0.39 is 0 Å². The fourth-order valence-electron chi connectivity index (χ4n) is 1.44. The highest BCUT2D eigenvalue weighted by molar-refractivity contribution is 5.15. The summed E-state index contributed by atoms with van der Waals surface area (Å²) in [5.41, 5.74) is 0. The topological polar surface area (TPSA) is 0 Å². The molecule has 96 valence electrons. The summed E-state index contributed by atoms with van der Waals surface area (Å²) in [6.45, 7) is 4.46. The van der Waals surface area contributed by atoms with Gasteiger partial charge in [-0.2, -0.15) is 0 Å². The molecule has 0 aliphatic carbocycles. The lowest BCUT2D eigenvalue weighted by Crippen LogP contribution is -1.69. The van der Waals surface area contributed by atoms with Crippen LogP contribution in [0.2, 0.25) is 0 Å². The Labute approximate surface area is 108 Å². The SMILES string of the molecule is CCCCC=CC=CC=CC=CCCCCC. The Morgan fingerprint density at radius 2 is 1.00 bits per heavy atom. The summed E-state index contributed by atoms with van der Waals surface area (Å²) < 4.78 is 0. The van der Waals surface area contributed by atoms with E-state index in [4.69, 9.17) is 0 Å². The molecule has 0 heteroatoms. The third-order valence-corrected chi connectivity index (χ3v) is 2.53. The van der Waals surface area contributed by atoms with Crippen LogP contribution in [-0.2, 0) is 0 Å². The molecule has 0 saturated heterocycles. The van der Waals surface area contributed by atoms with Crippen LogP contribution in [0.4, 0.5) is 0 Å². The summed E-state index contributed by atoms with van der Waals surface area (Å²) in [7, 11) is 0. The summed E-state index contributed by atoms with van der Waals surface area (Å²) in [6, 6.07) is 0. The molecule has 0 saturated carbocycles. The number of allylic oxidation sites excluding steroid dienone is 8. The van der Waals surface area contributed by atoms with Crippen molar-refractivity contribution in [3.8, 4) is 0 Å². The van der Waals surface area contributed by atoms with Crippen LogP contribution in [-0.4, -0.2) is 0 Å². The molecular weight excluding hydrogens is 204 g/mol. The molecule has 0 spiro atoms. The summed E-state index contributed by atoms with van der Waals surface area (Å²) in [6.07, 6.45) is 26.0. The van der Waals surface area contributed by atoms with Gasteiger partial charge in [-0.05, 0) is 19.3 Å². The van der Waals surface area contributed by atoms with E-state index in [-0.39, 0.29) is 0 Å². The van der Waals surface area contributed by atoms with Gasteiger partial charge in [0.15, 0.2) is 0 Å². The molecule has 0 aromatic heterocycles. The lowest BCUT2D eigenvalue weighted by Gasteiger charge is -1.89. The average Bonchev–Trinajstić information content (AvgIpc) is 2.35. The van der Waals surface area contributed by atoms with Gasteiger partial charge >= 0.3 is 0 Å². The first-order chi connectivity index (χ1) is 8.41. The first-order valence-electron chi connectivity index (χ1n) is 7.06. The summed E-state index contributed by atoms with van der Waals surface area (Å²) >= 11 is 0. The minimum Gasteiger partial charge on any atom is -0.0845 e. The maximum Gasteiger partial charge on any atom is -0.0348 e. The van der Waals surface area contributed by atoms with Crippen molar-refractivity contribution in [3.63, 3.8) is 0 Å². The third kappa shape index (κ3) is 15.0. The molecule has 0 atom stereocenters. The number of unbranched alkanes of at least 4 members (excludes halogenated alkanes) is 5. The highest BCUT2D eigenvalue weighted by Crippen LogP contribution is 1.99. The molecule has 0 bridgehead atoms. The van der Waals surface area contributed by atoms with Gasteiger partial charge in [-0.3, -0.25) is 0 Å². The monoisotopic (exact) mass is 232 g/mol. The Bertz CT molecular complexity index is 241. The van der Waals surface area contributed by atoms with Crippen LogP contribution < -0.4 is 0 Å². The van der Waals surface area contributed by atoms with Gasteiger partial charge < -0.3 is 0 Å². The van der Waals surface area contributed by atoms with Crippen molar-refractivity contribution in [1.82, 2.24) is 0 Å². The Balaban J connectivity index is 3.45. The van der Waals surface area contributed by atoms with Crippen molar-refractivity contribution in [1.29, 1.82) is 0 Å². The van der Waals surface area contributed by atoms with Crippen molar-refractivity contribution < 1.29 is 0 Å². The molecule has 0 aromatic carbocycles. The van der Waals surface area contributed by atoms with Crippen LogP contribution in [0.25, 0.3) is 0 Å². The summed E-state index contributed by atoms with van der Waals surface area (Å²) in [5, 5.41) is 0. The second kappa shape index (κ2) is 15.0. The second-order valence-corrected chi connectivity index (χ2v) is 4.26. The molecule has 0 heterocycles. The third-order valence-electron chi connectivity index (χ3n) is 2.53. The Morgan fingerprint density at radius 1 is 0.529 bits per heavy atom. The summed E-state index contributed by atoms with van der Waals surface area (Å²) in [5.74, 6) is 0. The zero-order valence-corrected chi connectivity index (χ0v) is 11.6. The first-order valence-corrected chi connectivity index (χ1v) is 7.06. The molecule has 0 amide bonds. The molecule has 0 aliphatic rings. The normalized spacial score (nSPS) is 12.8. The highest BCUT2D eigenvalue weighted by atomic mass is 13.9. The van der Waals surface area contributed by atoms with Crippen LogP contribution in [0.5, 0.6) is 0 Å². The fraction of sp³-hybridized carbons (Fsp3) is 0.529. The van der Waals surface area contributed by atoms with Gasteiger partial charge in [-0.25, -0.2) is 0 Å². The number of rotatable bonds is 10. The van der Waals surface area contributed by atoms with Gasteiger partial charge in [0.2, 0.25) is 0 Å². The van der Waals surface area contributed by atoms with Crippen LogP contribution >= 0.6 is 0 Å². The van der Waals surface area contributed by atoms with Crippen LogP contribution in [0.1, 0.15) is 58.8 Å². The predicted octanol–water partition coefficient (Wildman–Crippen LogP) is 5.98. The fourth-order valence-corrected chi connectivity index (χ4v) is 1.44. The maximum absolute atomic E-state index is 2.25. The van der Waals surface area contributed by atoms with E-state index in [0.717, 1.165) is 0 Å². The molecule has 0 nitrogen and oxygen atoms in total. The van der Waals surface area contributed by atoms with Gasteiger partial charge in [0.1, 0.15) is 0 Å². The molecule has 0 fully saturated rings. The van der Waals surface area contributed by atoms with Crippen LogP contribution in [0.15, 0.2) is 48.6 Å². The lowest BCUT2D eigenvalue weighted by atomic mass is 10.2. The Kier molecular flexibility index (Phi) is 14.0. The molecular formula is C17H28. The van der Waals surface area contributed by atoms with Gasteiger partial charge in [-0.1, -0.05) is 88.1 Å². The molecule has 0 N–H and O–H groups in total. The zero-order valence-electron chi connectivity index (χ0n) is 11.6. The average molecular weight is 232 g/mol. The van der Waals surface area contributed by atoms with Crippen LogP contribution in [0.3, 0.4) is 0 Å². The van der Waals surface area contributed by atoms with Gasteiger partial charge in [0.05, 0.1) is 0 Å². The van der Waals surface area contributed by atoms with Gasteiger partial charge in [0.25, 0.3) is 0 Å². The standard InChI is InChI=1S/C17H28/c1-3-5-7-9-11-13-15-17-16-14-12-10-8-6-4-2/h9,11-17H,3-8,10H2,1-2H3. The van der Waals surface area contributed by atoms with Crippen molar-refractivity contribution >= 4 is 0 Å². The molecule has 0 unspecified atom stereocenters. The quantitative estimate of drug-likeness (QED) is 0.321. The lowest BCUT2D eigenvalue weighted by molar-refractivity contribution is 0.729. The van der Waals surface area contributed by atoms with Crippen molar-refractivity contribution in [2.24, 2.45) is 0 Å². The molecule has 0 aromatic rings. The highest BCUT2D eigenvalue weighted by Gasteiger charge is 1.79. The predicted molar refractivity (Wildman–Crippen MR) is 80.2 cm³/mol. The molecule has 17 heavy (non-hydrogen) atoms. The summed E-state index contributed by atoms with van der Waals surface area (Å²) in [4.78, 5) is 0. The number of hydrogen-bond acceptors (Lipinski definition) is 0. The smallest absolute Gasteiger partial charge is 0.0348 e. The first kappa shape index (κ1) is 16.0. The Hall–Kier alpha value is -1.04. The van der Waals surface area contributed by atoms with Crippen molar-refractivity contribution in [2.45, 2.75) is 58.8 Å². The van der Waals surface area contributed by atoms with E-state index in [1.54, 1.807) is 0 Å². The number of hydrogen-bond donors (Lipinski definition) is 0. The second-order valence-electron chi connectivity index (χ2n) is 4.26. The van der Waals surface area contributed by atoms with E-state index in [1.807, 2.05) is 0 Å². The maximum atomic E-state index is 2.25. The molecule has 0 aliphatic heterocycles. The van der Waals surface area contributed by atoms with E-state index >= 15 is 0 Å². The molecule has 0 radical (unpaired) electrons. The minimum atomic E-state index is 1.20. The van der Waals surface area contributed by atoms with Crippen molar-refractivity contribution in [2.75, 3.05) is 0 Å². The van der Waals surface area contributed by atoms with E-state index in [0.29, 0.717) is 0 Å². The van der Waals surface area contributed by atoms with Gasteiger partial charge in [-0.15, -0.1) is 0 Å². The van der Waals surface area contributed by atoms with Crippen LogP contribution in [0, 0.1) is 0 Å². The van der Waals surface area contributed by atoms with E-state index in [9.17, 15) is 0 Å². The van der Waals surface area contributed by atoms with Crippen molar-refractivity contribution in [3.05, 3.63) is 48.6 Å². The Morgan fingerprint density at radius 3 is 1.53 bits per heavy atom. The minimum absolute atomic E-state index is 1.20. The largest absolute Gasteiger partial charge is 0.0845 e.